The van der Waals surface area contributed by atoms with Crippen LogP contribution in [-0.2, 0) is 0 Å². The highest BCUT2D eigenvalue weighted by molar-refractivity contribution is 6.42. The Morgan fingerprint density at radius 2 is 2.06 bits per heavy atom. The minimum absolute atomic E-state index is 0.636. The van der Waals surface area contributed by atoms with Gasteiger partial charge in [-0.05, 0) is 43.0 Å². The van der Waals surface area contributed by atoms with Crippen molar-refractivity contribution in [2.45, 2.75) is 31.7 Å². The molecule has 1 aromatic carbocycles. The zero-order chi connectivity index (χ0) is 11.7. The minimum atomic E-state index is 0.636. The van der Waals surface area contributed by atoms with E-state index in [0.717, 1.165) is 5.92 Å². The van der Waals surface area contributed by atoms with Gasteiger partial charge < -0.3 is 5.32 Å². The maximum absolute atomic E-state index is 6.05. The van der Waals surface area contributed by atoms with E-state index < -0.39 is 0 Å². The van der Waals surface area contributed by atoms with Gasteiger partial charge in [0, 0.05) is 6.04 Å². The molecule has 0 spiro atoms. The van der Waals surface area contributed by atoms with Gasteiger partial charge in [0.15, 0.2) is 0 Å². The number of nitrogens with one attached hydrogen (secondary N) is 1. The van der Waals surface area contributed by atoms with Crippen LogP contribution in [0, 0.1) is 5.92 Å². The van der Waals surface area contributed by atoms with Crippen molar-refractivity contribution in [1.82, 2.24) is 5.32 Å². The number of hydrogen-bond donors (Lipinski definition) is 1. The van der Waals surface area contributed by atoms with E-state index in [1.165, 1.54) is 18.4 Å². The highest BCUT2D eigenvalue weighted by Gasteiger charge is 2.39. The van der Waals surface area contributed by atoms with Gasteiger partial charge in [-0.1, -0.05) is 42.6 Å². The van der Waals surface area contributed by atoms with Crippen LogP contribution in [0.25, 0.3) is 0 Å². The van der Waals surface area contributed by atoms with E-state index in [1.807, 2.05) is 19.2 Å². The minimum Gasteiger partial charge on any atom is -0.317 e. The van der Waals surface area contributed by atoms with Crippen molar-refractivity contribution in [3.63, 3.8) is 0 Å². The van der Waals surface area contributed by atoms with Crippen LogP contribution < -0.4 is 5.32 Å². The van der Waals surface area contributed by atoms with Crippen LogP contribution in [0.15, 0.2) is 18.2 Å². The number of halogens is 2. The molecule has 1 aliphatic rings. The number of benzene rings is 1. The number of hydrogen-bond acceptors (Lipinski definition) is 1. The normalized spacial score (nSPS) is 28.9. The van der Waals surface area contributed by atoms with E-state index in [-0.39, 0.29) is 0 Å². The second-order valence-electron chi connectivity index (χ2n) is 4.48. The van der Waals surface area contributed by atoms with Gasteiger partial charge in [-0.3, -0.25) is 0 Å². The first kappa shape index (κ1) is 12.2. The first-order valence-corrected chi connectivity index (χ1v) is 6.55. The average molecular weight is 258 g/mol. The Labute approximate surface area is 107 Å². The molecule has 0 saturated heterocycles. The molecule has 0 bridgehead atoms. The largest absolute Gasteiger partial charge is 0.317 e. The summed E-state index contributed by atoms with van der Waals surface area (Å²) in [5.74, 6) is 1.36. The standard InChI is InChI=1S/C13H17Cl2N/c1-3-9-10(7-13(9)16-2)8-4-5-11(14)12(15)6-8/h4-6,9-10,13,16H,3,7H2,1-2H3. The lowest BCUT2D eigenvalue weighted by molar-refractivity contribution is 0.169. The second-order valence-corrected chi connectivity index (χ2v) is 5.30. The van der Waals surface area contributed by atoms with Crippen molar-refractivity contribution in [2.24, 2.45) is 5.92 Å². The highest BCUT2D eigenvalue weighted by atomic mass is 35.5. The molecule has 3 unspecified atom stereocenters. The monoisotopic (exact) mass is 257 g/mol. The summed E-state index contributed by atoms with van der Waals surface area (Å²) in [5.41, 5.74) is 1.33. The predicted molar refractivity (Wildman–Crippen MR) is 70.4 cm³/mol. The van der Waals surface area contributed by atoms with Gasteiger partial charge >= 0.3 is 0 Å². The Hall–Kier alpha value is -0.240. The Bertz CT molecular complexity index is 378. The SMILES string of the molecule is CCC1C(NC)CC1c1ccc(Cl)c(Cl)c1. The van der Waals surface area contributed by atoms with Crippen LogP contribution in [0.4, 0.5) is 0 Å². The van der Waals surface area contributed by atoms with E-state index in [9.17, 15) is 0 Å². The molecule has 0 aliphatic heterocycles. The second kappa shape index (κ2) is 4.95. The molecule has 1 N–H and O–H groups in total. The molecule has 3 atom stereocenters. The topological polar surface area (TPSA) is 12.0 Å². The Kier molecular flexibility index (Phi) is 3.78. The first-order valence-electron chi connectivity index (χ1n) is 5.79. The first-order chi connectivity index (χ1) is 7.67. The lowest BCUT2D eigenvalue weighted by atomic mass is 9.65. The fourth-order valence-electron chi connectivity index (χ4n) is 2.73. The molecular weight excluding hydrogens is 241 g/mol. The van der Waals surface area contributed by atoms with Crippen LogP contribution in [0.3, 0.4) is 0 Å². The van der Waals surface area contributed by atoms with Crippen LogP contribution in [0.2, 0.25) is 10.0 Å². The van der Waals surface area contributed by atoms with Crippen molar-refractivity contribution in [1.29, 1.82) is 0 Å². The molecule has 2 rings (SSSR count). The van der Waals surface area contributed by atoms with Crippen LogP contribution in [-0.4, -0.2) is 13.1 Å². The zero-order valence-electron chi connectivity index (χ0n) is 9.63. The molecule has 1 aromatic rings. The maximum Gasteiger partial charge on any atom is 0.0595 e. The molecule has 16 heavy (non-hydrogen) atoms. The summed E-state index contributed by atoms with van der Waals surface area (Å²) in [6.07, 6.45) is 2.41. The third-order valence-electron chi connectivity index (χ3n) is 3.76. The summed E-state index contributed by atoms with van der Waals surface area (Å²) in [5, 5.41) is 4.68. The molecule has 0 heterocycles. The molecule has 0 amide bonds. The molecule has 1 fully saturated rings. The quantitative estimate of drug-likeness (QED) is 0.860. The smallest absolute Gasteiger partial charge is 0.0595 e. The lowest BCUT2D eigenvalue weighted by Gasteiger charge is -2.45. The third-order valence-corrected chi connectivity index (χ3v) is 4.49. The zero-order valence-corrected chi connectivity index (χ0v) is 11.1. The maximum atomic E-state index is 6.05. The summed E-state index contributed by atoms with van der Waals surface area (Å²) < 4.78 is 0. The molecule has 0 radical (unpaired) electrons. The molecule has 88 valence electrons. The van der Waals surface area contributed by atoms with Gasteiger partial charge in [0.2, 0.25) is 0 Å². The third kappa shape index (κ3) is 2.09. The van der Waals surface area contributed by atoms with Crippen LogP contribution in [0.5, 0.6) is 0 Å². The van der Waals surface area contributed by atoms with Gasteiger partial charge in [-0.25, -0.2) is 0 Å². The molecule has 1 saturated carbocycles. The van der Waals surface area contributed by atoms with Crippen molar-refractivity contribution in [3.05, 3.63) is 33.8 Å². The van der Waals surface area contributed by atoms with E-state index in [1.54, 1.807) is 0 Å². The summed E-state index contributed by atoms with van der Waals surface area (Å²) >= 11 is 12.0. The summed E-state index contributed by atoms with van der Waals surface area (Å²) in [4.78, 5) is 0. The predicted octanol–water partition coefficient (Wildman–Crippen LogP) is 4.09. The van der Waals surface area contributed by atoms with Crippen LogP contribution >= 0.6 is 23.2 Å². The van der Waals surface area contributed by atoms with Gasteiger partial charge in [0.05, 0.1) is 10.0 Å². The van der Waals surface area contributed by atoms with Crippen LogP contribution in [0.1, 0.15) is 31.2 Å². The van der Waals surface area contributed by atoms with Gasteiger partial charge in [0.1, 0.15) is 0 Å². The Balaban J connectivity index is 2.16. The van der Waals surface area contributed by atoms with Gasteiger partial charge in [-0.15, -0.1) is 0 Å². The van der Waals surface area contributed by atoms with Crippen molar-refractivity contribution < 1.29 is 0 Å². The fourth-order valence-corrected chi connectivity index (χ4v) is 3.04. The van der Waals surface area contributed by atoms with E-state index in [2.05, 4.69) is 18.3 Å². The highest BCUT2D eigenvalue weighted by Crippen LogP contribution is 2.45. The van der Waals surface area contributed by atoms with Crippen molar-refractivity contribution >= 4 is 23.2 Å². The molecule has 0 aromatic heterocycles. The fraction of sp³-hybridized carbons (Fsp3) is 0.538. The molecule has 3 heteroatoms. The Morgan fingerprint density at radius 1 is 1.31 bits per heavy atom. The summed E-state index contributed by atoms with van der Waals surface area (Å²) in [6.45, 7) is 2.25. The lowest BCUT2D eigenvalue weighted by Crippen LogP contribution is -2.47. The number of rotatable bonds is 3. The van der Waals surface area contributed by atoms with E-state index >= 15 is 0 Å². The summed E-state index contributed by atoms with van der Waals surface area (Å²) in [7, 11) is 2.04. The average Bonchev–Trinajstić information content (AvgIpc) is 2.23. The summed E-state index contributed by atoms with van der Waals surface area (Å²) in [6, 6.07) is 6.68. The van der Waals surface area contributed by atoms with Gasteiger partial charge in [0.25, 0.3) is 0 Å². The van der Waals surface area contributed by atoms with Gasteiger partial charge in [-0.2, -0.15) is 0 Å². The molecular formula is C13H17Cl2N. The van der Waals surface area contributed by atoms with Crippen molar-refractivity contribution in [3.8, 4) is 0 Å². The molecule has 1 aliphatic carbocycles. The molecule has 1 nitrogen and oxygen atoms in total. The Morgan fingerprint density at radius 3 is 2.62 bits per heavy atom. The van der Waals surface area contributed by atoms with Crippen molar-refractivity contribution in [2.75, 3.05) is 7.05 Å². The van der Waals surface area contributed by atoms with E-state index in [0.29, 0.717) is 22.0 Å². The van der Waals surface area contributed by atoms with E-state index in [4.69, 9.17) is 23.2 Å².